The average Bonchev–Trinajstić information content (AvgIpc) is 2.29. The van der Waals surface area contributed by atoms with Crippen LogP contribution in [0.25, 0.3) is 0 Å². The van der Waals surface area contributed by atoms with E-state index in [-0.39, 0.29) is 29.5 Å². The van der Waals surface area contributed by atoms with Crippen molar-refractivity contribution in [3.05, 3.63) is 34.2 Å². The number of nitrogens with zero attached hydrogens (tertiary/aromatic N) is 1. The maximum absolute atomic E-state index is 12.0. The van der Waals surface area contributed by atoms with Crippen LogP contribution < -0.4 is 16.2 Å². The second-order valence-corrected chi connectivity index (χ2v) is 5.26. The second-order valence-electron chi connectivity index (χ2n) is 5.26. The molecule has 1 aromatic rings. The van der Waals surface area contributed by atoms with Crippen molar-refractivity contribution in [3.63, 3.8) is 0 Å². The summed E-state index contributed by atoms with van der Waals surface area (Å²) in [7, 11) is 1.49. The third-order valence-corrected chi connectivity index (χ3v) is 2.33. The van der Waals surface area contributed by atoms with Gasteiger partial charge in [0.1, 0.15) is 6.54 Å². The lowest BCUT2D eigenvalue weighted by Gasteiger charge is -2.20. The van der Waals surface area contributed by atoms with Gasteiger partial charge >= 0.3 is 0 Å². The summed E-state index contributed by atoms with van der Waals surface area (Å²) in [4.78, 5) is 34.8. The van der Waals surface area contributed by atoms with Crippen molar-refractivity contribution in [2.24, 2.45) is 0 Å². The molecule has 1 heterocycles. The molecule has 0 saturated carbocycles. The van der Waals surface area contributed by atoms with E-state index in [0.717, 1.165) is 0 Å². The lowest BCUT2D eigenvalue weighted by molar-refractivity contribution is -0.121. The van der Waals surface area contributed by atoms with Crippen molar-refractivity contribution in [3.8, 4) is 0 Å². The summed E-state index contributed by atoms with van der Waals surface area (Å²) in [6.07, 6.45) is 1.39. The molecule has 2 N–H and O–H groups in total. The number of hydrogen-bond donors (Lipinski definition) is 2. The standard InChI is InChI=1S/C13H19N3O3/c1-13(2,3)15-12(19)9-5-6-11(18)16(7-9)8-10(17)14-4/h5-7H,8H2,1-4H3,(H,14,17)(H,15,19). The summed E-state index contributed by atoms with van der Waals surface area (Å²) >= 11 is 0. The minimum atomic E-state index is -0.362. The van der Waals surface area contributed by atoms with Crippen LogP contribution in [0.3, 0.4) is 0 Å². The average molecular weight is 265 g/mol. The van der Waals surface area contributed by atoms with Crippen LogP contribution in [0.1, 0.15) is 31.1 Å². The predicted molar refractivity (Wildman–Crippen MR) is 72.0 cm³/mol. The Hall–Kier alpha value is -2.11. The highest BCUT2D eigenvalue weighted by atomic mass is 16.2. The van der Waals surface area contributed by atoms with Crippen molar-refractivity contribution in [1.29, 1.82) is 0 Å². The molecule has 6 nitrogen and oxygen atoms in total. The quantitative estimate of drug-likeness (QED) is 0.814. The molecular formula is C13H19N3O3. The molecule has 6 heteroatoms. The van der Waals surface area contributed by atoms with Gasteiger partial charge in [0.25, 0.3) is 11.5 Å². The van der Waals surface area contributed by atoms with E-state index in [0.29, 0.717) is 5.56 Å². The maximum Gasteiger partial charge on any atom is 0.253 e. The van der Waals surface area contributed by atoms with E-state index < -0.39 is 0 Å². The first-order chi connectivity index (χ1) is 8.73. The van der Waals surface area contributed by atoms with Crippen molar-refractivity contribution in [2.45, 2.75) is 32.9 Å². The molecule has 1 rings (SSSR count). The Bertz CT molecular complexity index is 541. The zero-order valence-corrected chi connectivity index (χ0v) is 11.6. The first-order valence-electron chi connectivity index (χ1n) is 5.96. The summed E-state index contributed by atoms with van der Waals surface area (Å²) < 4.78 is 1.20. The third-order valence-electron chi connectivity index (χ3n) is 2.33. The Kier molecular flexibility index (Phi) is 4.47. The van der Waals surface area contributed by atoms with Gasteiger partial charge in [0, 0.05) is 24.8 Å². The molecule has 0 aliphatic carbocycles. The summed E-state index contributed by atoms with van der Waals surface area (Å²) in [6.45, 7) is 5.49. The van der Waals surface area contributed by atoms with Gasteiger partial charge in [-0.2, -0.15) is 0 Å². The van der Waals surface area contributed by atoms with E-state index in [9.17, 15) is 14.4 Å². The highest BCUT2D eigenvalue weighted by Crippen LogP contribution is 2.03. The summed E-state index contributed by atoms with van der Waals surface area (Å²) in [6, 6.07) is 2.73. The van der Waals surface area contributed by atoms with Gasteiger partial charge in [-0.1, -0.05) is 0 Å². The normalized spacial score (nSPS) is 10.9. The van der Waals surface area contributed by atoms with Crippen LogP contribution in [0.15, 0.2) is 23.1 Å². The van der Waals surface area contributed by atoms with E-state index in [1.807, 2.05) is 20.8 Å². The summed E-state index contributed by atoms with van der Waals surface area (Å²) in [5.41, 5.74) is -0.340. The zero-order valence-electron chi connectivity index (χ0n) is 11.6. The van der Waals surface area contributed by atoms with Crippen LogP contribution >= 0.6 is 0 Å². The van der Waals surface area contributed by atoms with E-state index in [1.165, 1.54) is 29.9 Å². The monoisotopic (exact) mass is 265 g/mol. The number of aromatic nitrogens is 1. The van der Waals surface area contributed by atoms with Crippen molar-refractivity contribution in [1.82, 2.24) is 15.2 Å². The Labute approximate surface area is 111 Å². The molecule has 0 aromatic carbocycles. The lowest BCUT2D eigenvalue weighted by atomic mass is 10.1. The van der Waals surface area contributed by atoms with E-state index in [4.69, 9.17) is 0 Å². The van der Waals surface area contributed by atoms with E-state index in [1.54, 1.807) is 0 Å². The third kappa shape index (κ3) is 4.57. The summed E-state index contributed by atoms with van der Waals surface area (Å²) in [5.74, 6) is -0.575. The van der Waals surface area contributed by atoms with Gasteiger partial charge in [-0.05, 0) is 26.8 Å². The largest absolute Gasteiger partial charge is 0.358 e. The van der Waals surface area contributed by atoms with Gasteiger partial charge in [-0.25, -0.2) is 0 Å². The van der Waals surface area contributed by atoms with Gasteiger partial charge in [-0.3, -0.25) is 14.4 Å². The molecule has 19 heavy (non-hydrogen) atoms. The molecule has 0 fully saturated rings. The Morgan fingerprint density at radius 3 is 2.42 bits per heavy atom. The van der Waals surface area contributed by atoms with Crippen LogP contribution in [0.5, 0.6) is 0 Å². The van der Waals surface area contributed by atoms with Crippen molar-refractivity contribution in [2.75, 3.05) is 7.05 Å². The number of carbonyl (C=O) groups excluding carboxylic acids is 2. The molecule has 1 aromatic heterocycles. The fourth-order valence-corrected chi connectivity index (χ4v) is 1.44. The van der Waals surface area contributed by atoms with Gasteiger partial charge in [0.05, 0.1) is 5.56 Å². The van der Waals surface area contributed by atoms with Gasteiger partial charge in [-0.15, -0.1) is 0 Å². The van der Waals surface area contributed by atoms with E-state index in [2.05, 4.69) is 10.6 Å². The number of carbonyl (C=O) groups is 2. The molecule has 0 aliphatic heterocycles. The fourth-order valence-electron chi connectivity index (χ4n) is 1.44. The zero-order chi connectivity index (χ0) is 14.6. The van der Waals surface area contributed by atoms with Crippen LogP contribution in [-0.2, 0) is 11.3 Å². The topological polar surface area (TPSA) is 80.2 Å². The first kappa shape index (κ1) is 14.9. The number of rotatable bonds is 3. The molecule has 0 unspecified atom stereocenters. The molecule has 2 amide bonds. The maximum atomic E-state index is 12.0. The molecule has 0 bridgehead atoms. The van der Waals surface area contributed by atoms with Gasteiger partial charge < -0.3 is 15.2 Å². The fraction of sp³-hybridized carbons (Fsp3) is 0.462. The molecule has 0 radical (unpaired) electrons. The van der Waals surface area contributed by atoms with Gasteiger partial charge in [0.2, 0.25) is 5.91 Å². The Morgan fingerprint density at radius 2 is 1.89 bits per heavy atom. The Morgan fingerprint density at radius 1 is 1.26 bits per heavy atom. The van der Waals surface area contributed by atoms with Crippen LogP contribution in [0, 0.1) is 0 Å². The van der Waals surface area contributed by atoms with Gasteiger partial charge in [0.15, 0.2) is 0 Å². The number of likely N-dealkylation sites (N-methyl/N-ethyl adjacent to an activating group) is 1. The minimum absolute atomic E-state index is 0.105. The molecular weight excluding hydrogens is 246 g/mol. The minimum Gasteiger partial charge on any atom is -0.358 e. The molecule has 0 atom stereocenters. The second kappa shape index (κ2) is 5.69. The van der Waals surface area contributed by atoms with Crippen molar-refractivity contribution >= 4 is 11.8 Å². The Balaban J connectivity index is 2.99. The highest BCUT2D eigenvalue weighted by Gasteiger charge is 2.16. The summed E-state index contributed by atoms with van der Waals surface area (Å²) in [5, 5.41) is 5.22. The molecule has 104 valence electrons. The number of hydrogen-bond acceptors (Lipinski definition) is 3. The SMILES string of the molecule is CNC(=O)Cn1cc(C(=O)NC(C)(C)C)ccc1=O. The predicted octanol–water partition coefficient (Wildman–Crippen LogP) is 0.123. The molecule has 0 aliphatic rings. The lowest BCUT2D eigenvalue weighted by Crippen LogP contribution is -2.41. The number of nitrogens with one attached hydrogen (secondary N) is 2. The number of amides is 2. The van der Waals surface area contributed by atoms with Crippen LogP contribution in [-0.4, -0.2) is 29.0 Å². The van der Waals surface area contributed by atoms with Crippen LogP contribution in [0.2, 0.25) is 0 Å². The smallest absolute Gasteiger partial charge is 0.253 e. The number of pyridine rings is 1. The first-order valence-corrected chi connectivity index (χ1v) is 5.96. The molecule has 0 saturated heterocycles. The van der Waals surface area contributed by atoms with Crippen LogP contribution in [0.4, 0.5) is 0 Å². The van der Waals surface area contributed by atoms with E-state index >= 15 is 0 Å². The molecule has 0 spiro atoms. The van der Waals surface area contributed by atoms with Crippen molar-refractivity contribution < 1.29 is 9.59 Å². The highest BCUT2D eigenvalue weighted by molar-refractivity contribution is 5.94.